The van der Waals surface area contributed by atoms with E-state index in [1.807, 2.05) is 42.2 Å². The zero-order chi connectivity index (χ0) is 21.8. The zero-order valence-electron chi connectivity index (χ0n) is 18.2. The molecular formula is C24H28N2O5. The van der Waals surface area contributed by atoms with Gasteiger partial charge in [-0.3, -0.25) is 9.69 Å². The molecule has 7 heteroatoms. The monoisotopic (exact) mass is 424 g/mol. The van der Waals surface area contributed by atoms with Crippen LogP contribution in [0, 0.1) is 0 Å². The highest BCUT2D eigenvalue weighted by Gasteiger charge is 2.21. The van der Waals surface area contributed by atoms with Crippen molar-refractivity contribution in [1.82, 2.24) is 9.80 Å². The van der Waals surface area contributed by atoms with Gasteiger partial charge in [-0.2, -0.15) is 0 Å². The molecule has 1 fully saturated rings. The van der Waals surface area contributed by atoms with Crippen molar-refractivity contribution in [3.05, 3.63) is 53.6 Å². The first-order valence-corrected chi connectivity index (χ1v) is 10.4. The lowest BCUT2D eigenvalue weighted by atomic mass is 10.1. The second-order valence-corrected chi connectivity index (χ2v) is 7.68. The normalized spacial score (nSPS) is 16.4. The largest absolute Gasteiger partial charge is 0.497 e. The molecule has 0 unspecified atom stereocenters. The third kappa shape index (κ3) is 4.77. The summed E-state index contributed by atoms with van der Waals surface area (Å²) >= 11 is 0. The molecule has 0 spiro atoms. The number of hydrogen-bond acceptors (Lipinski definition) is 6. The molecule has 1 saturated heterocycles. The molecule has 0 bridgehead atoms. The number of piperazine rings is 1. The Kier molecular flexibility index (Phi) is 6.32. The first kappa shape index (κ1) is 21.1. The van der Waals surface area contributed by atoms with Crippen LogP contribution in [-0.4, -0.2) is 62.9 Å². The maximum absolute atomic E-state index is 12.8. The third-order valence-electron chi connectivity index (χ3n) is 5.70. The Balaban J connectivity index is 1.35. The van der Waals surface area contributed by atoms with Crippen molar-refractivity contribution < 1.29 is 23.7 Å². The second kappa shape index (κ2) is 9.31. The molecule has 31 heavy (non-hydrogen) atoms. The standard InChI is InChI=1S/C24H28N2O5/c1-17(20-6-5-19(28-2)14-22(20)29-3)12-24(27)26-10-8-25(9-11-26)15-18-4-7-21-23(13-18)31-16-30-21/h4-7,12-14H,8-11,15-16H2,1-3H3/b17-12+. The maximum atomic E-state index is 12.8. The highest BCUT2D eigenvalue weighted by atomic mass is 16.7. The van der Waals surface area contributed by atoms with Crippen LogP contribution in [0.2, 0.25) is 0 Å². The van der Waals surface area contributed by atoms with Gasteiger partial charge in [0.25, 0.3) is 0 Å². The number of methoxy groups -OCH3 is 2. The molecule has 2 heterocycles. The first-order valence-electron chi connectivity index (χ1n) is 10.4. The van der Waals surface area contributed by atoms with Crippen molar-refractivity contribution >= 4 is 11.5 Å². The lowest BCUT2D eigenvalue weighted by molar-refractivity contribution is -0.127. The number of nitrogens with zero attached hydrogens (tertiary/aromatic N) is 2. The molecule has 7 nitrogen and oxygen atoms in total. The van der Waals surface area contributed by atoms with Gasteiger partial charge in [0, 0.05) is 50.4 Å². The molecule has 0 atom stereocenters. The van der Waals surface area contributed by atoms with E-state index in [9.17, 15) is 4.79 Å². The average molecular weight is 424 g/mol. The number of rotatable bonds is 6. The molecular weight excluding hydrogens is 396 g/mol. The van der Waals surface area contributed by atoms with Crippen LogP contribution in [0.3, 0.4) is 0 Å². The molecule has 0 aliphatic carbocycles. The number of fused-ring (bicyclic) bond motifs is 1. The summed E-state index contributed by atoms with van der Waals surface area (Å²) in [7, 11) is 3.24. The number of carbonyl (C=O) groups is 1. The van der Waals surface area contributed by atoms with Gasteiger partial charge < -0.3 is 23.8 Å². The fourth-order valence-corrected chi connectivity index (χ4v) is 3.90. The second-order valence-electron chi connectivity index (χ2n) is 7.68. The van der Waals surface area contributed by atoms with E-state index in [-0.39, 0.29) is 12.7 Å². The van der Waals surface area contributed by atoms with Gasteiger partial charge >= 0.3 is 0 Å². The molecule has 2 aliphatic rings. The van der Waals surface area contributed by atoms with Crippen molar-refractivity contribution in [3.63, 3.8) is 0 Å². The number of amides is 1. The molecule has 1 amide bonds. The minimum absolute atomic E-state index is 0.0260. The summed E-state index contributed by atoms with van der Waals surface area (Å²) in [6.07, 6.45) is 1.69. The van der Waals surface area contributed by atoms with Crippen LogP contribution in [0.25, 0.3) is 5.57 Å². The van der Waals surface area contributed by atoms with E-state index in [0.717, 1.165) is 48.0 Å². The van der Waals surface area contributed by atoms with Gasteiger partial charge in [0.1, 0.15) is 11.5 Å². The summed E-state index contributed by atoms with van der Waals surface area (Å²) in [6, 6.07) is 11.7. The minimum atomic E-state index is 0.0260. The van der Waals surface area contributed by atoms with Gasteiger partial charge in [-0.05, 0) is 42.3 Å². The molecule has 0 radical (unpaired) electrons. The van der Waals surface area contributed by atoms with Crippen molar-refractivity contribution in [2.75, 3.05) is 47.2 Å². The van der Waals surface area contributed by atoms with Crippen molar-refractivity contribution in [1.29, 1.82) is 0 Å². The van der Waals surface area contributed by atoms with Gasteiger partial charge in [-0.15, -0.1) is 0 Å². The molecule has 2 aliphatic heterocycles. The molecule has 0 saturated carbocycles. The lowest BCUT2D eigenvalue weighted by Crippen LogP contribution is -2.47. The van der Waals surface area contributed by atoms with Gasteiger partial charge in [0.2, 0.25) is 12.7 Å². The Morgan fingerprint density at radius 2 is 1.77 bits per heavy atom. The number of ether oxygens (including phenoxy) is 4. The highest BCUT2D eigenvalue weighted by molar-refractivity contribution is 5.95. The maximum Gasteiger partial charge on any atom is 0.246 e. The van der Waals surface area contributed by atoms with Crippen molar-refractivity contribution in [2.24, 2.45) is 0 Å². The van der Waals surface area contributed by atoms with E-state index < -0.39 is 0 Å². The Labute approximate surface area is 182 Å². The predicted molar refractivity (Wildman–Crippen MR) is 118 cm³/mol. The fraction of sp³-hybridized carbons (Fsp3) is 0.375. The highest BCUT2D eigenvalue weighted by Crippen LogP contribution is 2.33. The summed E-state index contributed by atoms with van der Waals surface area (Å²) in [5.74, 6) is 3.04. The number of hydrogen-bond donors (Lipinski definition) is 0. The van der Waals surface area contributed by atoms with E-state index in [2.05, 4.69) is 11.0 Å². The zero-order valence-corrected chi connectivity index (χ0v) is 18.2. The van der Waals surface area contributed by atoms with E-state index in [1.165, 1.54) is 5.56 Å². The van der Waals surface area contributed by atoms with Crippen LogP contribution in [-0.2, 0) is 11.3 Å². The summed E-state index contributed by atoms with van der Waals surface area (Å²) in [5.41, 5.74) is 2.94. The SMILES string of the molecule is COc1ccc(/C(C)=C/C(=O)N2CCN(Cc3ccc4c(c3)OCO4)CC2)c(OC)c1. The van der Waals surface area contributed by atoms with Gasteiger partial charge in [0.05, 0.1) is 14.2 Å². The van der Waals surface area contributed by atoms with Crippen molar-refractivity contribution in [2.45, 2.75) is 13.5 Å². The van der Waals surface area contributed by atoms with Crippen LogP contribution >= 0.6 is 0 Å². The van der Waals surface area contributed by atoms with Gasteiger partial charge in [-0.1, -0.05) is 6.07 Å². The Hall–Kier alpha value is -3.19. The average Bonchev–Trinajstić information content (AvgIpc) is 3.27. The quantitative estimate of drug-likeness (QED) is 0.664. The summed E-state index contributed by atoms with van der Waals surface area (Å²) in [5, 5.41) is 0. The molecule has 2 aromatic rings. The van der Waals surface area contributed by atoms with Crippen LogP contribution < -0.4 is 18.9 Å². The van der Waals surface area contributed by atoms with E-state index in [1.54, 1.807) is 20.3 Å². The molecule has 0 aromatic heterocycles. The Bertz CT molecular complexity index is 980. The molecule has 2 aromatic carbocycles. The van der Waals surface area contributed by atoms with Gasteiger partial charge in [-0.25, -0.2) is 0 Å². The van der Waals surface area contributed by atoms with E-state index in [0.29, 0.717) is 18.8 Å². The van der Waals surface area contributed by atoms with E-state index in [4.69, 9.17) is 18.9 Å². The van der Waals surface area contributed by atoms with E-state index >= 15 is 0 Å². The number of carbonyl (C=O) groups excluding carboxylic acids is 1. The Morgan fingerprint density at radius 1 is 1.00 bits per heavy atom. The topological polar surface area (TPSA) is 60.5 Å². The minimum Gasteiger partial charge on any atom is -0.497 e. The summed E-state index contributed by atoms with van der Waals surface area (Å²) in [6.45, 7) is 6.11. The van der Waals surface area contributed by atoms with Gasteiger partial charge in [0.15, 0.2) is 11.5 Å². The van der Waals surface area contributed by atoms with Crippen molar-refractivity contribution in [3.8, 4) is 23.0 Å². The van der Waals surface area contributed by atoms with Crippen LogP contribution in [0.5, 0.6) is 23.0 Å². The first-order chi connectivity index (χ1) is 15.1. The number of benzene rings is 2. The predicted octanol–water partition coefficient (Wildman–Crippen LogP) is 3.18. The molecule has 164 valence electrons. The van der Waals surface area contributed by atoms with Crippen LogP contribution in [0.15, 0.2) is 42.5 Å². The summed E-state index contributed by atoms with van der Waals surface area (Å²) in [4.78, 5) is 17.1. The number of allylic oxidation sites excluding steroid dienone is 1. The smallest absolute Gasteiger partial charge is 0.246 e. The van der Waals surface area contributed by atoms with Crippen LogP contribution in [0.4, 0.5) is 0 Å². The fourth-order valence-electron chi connectivity index (χ4n) is 3.90. The Morgan fingerprint density at radius 3 is 2.52 bits per heavy atom. The van der Waals surface area contributed by atoms with Crippen LogP contribution in [0.1, 0.15) is 18.1 Å². The summed E-state index contributed by atoms with van der Waals surface area (Å²) < 4.78 is 21.6. The third-order valence-corrected chi connectivity index (χ3v) is 5.70. The lowest BCUT2D eigenvalue weighted by Gasteiger charge is -2.34. The molecule has 4 rings (SSSR count). The molecule has 0 N–H and O–H groups in total.